The molecule has 3 aromatic rings. The van der Waals surface area contributed by atoms with Gasteiger partial charge < -0.3 is 0 Å². The number of benzene rings is 1. The van der Waals surface area contributed by atoms with Crippen LogP contribution in [0.15, 0.2) is 48.2 Å². The van der Waals surface area contributed by atoms with Crippen molar-refractivity contribution in [2.24, 2.45) is 0 Å². The van der Waals surface area contributed by atoms with Crippen LogP contribution in [0.5, 0.6) is 0 Å². The van der Waals surface area contributed by atoms with Crippen LogP contribution in [0.25, 0.3) is 16.6 Å². The summed E-state index contributed by atoms with van der Waals surface area (Å²) in [5, 5.41) is 1.37. The highest BCUT2D eigenvalue weighted by Crippen LogP contribution is 2.38. The number of hydrogen-bond donors (Lipinski definition) is 0. The molecule has 0 radical (unpaired) electrons. The number of aryl methyl sites for hydroxylation is 1. The van der Waals surface area contributed by atoms with E-state index in [1.54, 1.807) is 18.2 Å². The molecule has 0 bridgehead atoms. The molecule has 4 nitrogen and oxygen atoms in total. The van der Waals surface area contributed by atoms with Gasteiger partial charge in [0.1, 0.15) is 16.7 Å². The van der Waals surface area contributed by atoms with Crippen LogP contribution in [0.3, 0.4) is 0 Å². The number of ketones is 2. The van der Waals surface area contributed by atoms with Crippen LogP contribution in [0.2, 0.25) is 5.02 Å². The lowest BCUT2D eigenvalue weighted by molar-refractivity contribution is -0.123. The second-order valence-corrected chi connectivity index (χ2v) is 8.12. The van der Waals surface area contributed by atoms with E-state index >= 15 is 0 Å². The van der Waals surface area contributed by atoms with Crippen molar-refractivity contribution in [3.63, 3.8) is 0 Å². The van der Waals surface area contributed by atoms with Gasteiger partial charge in [0.2, 0.25) is 0 Å². The fourth-order valence-electron chi connectivity index (χ4n) is 3.15. The van der Waals surface area contributed by atoms with E-state index in [9.17, 15) is 14.0 Å². The maximum atomic E-state index is 13.0. The molecule has 1 saturated carbocycles. The maximum absolute atomic E-state index is 13.0. The van der Waals surface area contributed by atoms with Crippen molar-refractivity contribution < 1.29 is 14.0 Å². The molecular weight excluding hydrogens is 399 g/mol. The van der Waals surface area contributed by atoms with E-state index < -0.39 is 11.7 Å². The number of aromatic nitrogens is 2. The first-order chi connectivity index (χ1) is 13.4. The van der Waals surface area contributed by atoms with Crippen LogP contribution in [-0.4, -0.2) is 21.5 Å². The molecule has 1 atom stereocenters. The van der Waals surface area contributed by atoms with Gasteiger partial charge in [-0.15, -0.1) is 11.3 Å². The van der Waals surface area contributed by atoms with Crippen molar-refractivity contribution in [1.82, 2.24) is 9.97 Å². The minimum atomic E-state index is -0.899. The van der Waals surface area contributed by atoms with Crippen molar-refractivity contribution in [2.45, 2.75) is 19.3 Å². The first-order valence-electron chi connectivity index (χ1n) is 8.54. The number of carbonyl (C=O) groups excluding carboxylic acids is 2. The van der Waals surface area contributed by atoms with Crippen LogP contribution in [-0.2, 0) is 9.59 Å². The Kier molecular flexibility index (Phi) is 4.91. The molecule has 1 aliphatic carbocycles. The summed E-state index contributed by atoms with van der Waals surface area (Å²) in [5.74, 6) is -1.81. The molecule has 0 aliphatic heterocycles. The fraction of sp³-hybridized carbons (Fsp3) is 0.143. The third-order valence-electron chi connectivity index (χ3n) is 4.53. The van der Waals surface area contributed by atoms with Crippen LogP contribution in [0.4, 0.5) is 4.39 Å². The summed E-state index contributed by atoms with van der Waals surface area (Å²) in [7, 11) is 0. The number of thiazole rings is 1. The van der Waals surface area contributed by atoms with E-state index in [0.717, 1.165) is 21.6 Å². The van der Waals surface area contributed by atoms with Crippen LogP contribution in [0, 0.1) is 12.7 Å². The highest BCUT2D eigenvalue weighted by atomic mass is 35.5. The standard InChI is InChI=1S/C21H14ClFN2O2S/c1-11-19(25-21(28-11)12-2-4-14(22)5-3-12)18-17(26)9-13(20(18)27)8-16-7-6-15(23)10-24-16/h2-8,10,18H,9H2,1H3. The minimum Gasteiger partial charge on any atom is -0.298 e. The summed E-state index contributed by atoms with van der Waals surface area (Å²) in [5.41, 5.74) is 2.19. The zero-order valence-corrected chi connectivity index (χ0v) is 16.4. The summed E-state index contributed by atoms with van der Waals surface area (Å²) >= 11 is 7.37. The Morgan fingerprint density at radius 2 is 1.93 bits per heavy atom. The van der Waals surface area contributed by atoms with Gasteiger partial charge in [-0.2, -0.15) is 0 Å². The van der Waals surface area contributed by atoms with Crippen LogP contribution in [0.1, 0.15) is 28.6 Å². The third-order valence-corrected chi connectivity index (χ3v) is 5.82. The number of nitrogens with zero attached hydrogens (tertiary/aromatic N) is 2. The van der Waals surface area contributed by atoms with Gasteiger partial charge in [0.15, 0.2) is 11.6 Å². The van der Waals surface area contributed by atoms with Gasteiger partial charge in [-0.3, -0.25) is 14.6 Å². The number of Topliss-reactive ketones (excluding diaryl/α,β-unsaturated/α-hetero) is 2. The molecule has 0 amide bonds. The molecule has 2 aromatic heterocycles. The molecule has 140 valence electrons. The minimum absolute atomic E-state index is 0.0236. The first-order valence-corrected chi connectivity index (χ1v) is 9.74. The van der Waals surface area contributed by atoms with E-state index in [2.05, 4.69) is 9.97 Å². The molecule has 1 aliphatic rings. The molecule has 0 N–H and O–H groups in total. The molecule has 0 saturated heterocycles. The van der Waals surface area contributed by atoms with E-state index in [1.165, 1.54) is 23.5 Å². The second kappa shape index (κ2) is 7.37. The van der Waals surface area contributed by atoms with Gasteiger partial charge in [-0.1, -0.05) is 23.7 Å². The zero-order valence-electron chi connectivity index (χ0n) is 14.8. The summed E-state index contributed by atoms with van der Waals surface area (Å²) in [6.45, 7) is 1.86. The Morgan fingerprint density at radius 3 is 2.61 bits per heavy atom. The number of carbonyl (C=O) groups is 2. The number of rotatable bonds is 3. The number of hydrogen-bond acceptors (Lipinski definition) is 5. The number of pyridine rings is 1. The molecular formula is C21H14ClFN2O2S. The van der Waals surface area contributed by atoms with Gasteiger partial charge in [-0.25, -0.2) is 9.37 Å². The Labute approximate surface area is 169 Å². The van der Waals surface area contributed by atoms with E-state index in [4.69, 9.17) is 11.6 Å². The van der Waals surface area contributed by atoms with Gasteiger partial charge in [-0.05, 0) is 37.3 Å². The fourth-order valence-corrected chi connectivity index (χ4v) is 4.23. The molecule has 2 heterocycles. The smallest absolute Gasteiger partial charge is 0.175 e. The highest BCUT2D eigenvalue weighted by Gasteiger charge is 2.40. The van der Waals surface area contributed by atoms with Crippen LogP contribution >= 0.6 is 22.9 Å². The molecule has 1 unspecified atom stereocenters. The zero-order chi connectivity index (χ0) is 19.8. The lowest BCUT2D eigenvalue weighted by Gasteiger charge is -2.04. The molecule has 1 aromatic carbocycles. The highest BCUT2D eigenvalue weighted by molar-refractivity contribution is 7.15. The second-order valence-electron chi connectivity index (χ2n) is 6.48. The van der Waals surface area contributed by atoms with Gasteiger partial charge >= 0.3 is 0 Å². The Balaban J connectivity index is 1.66. The summed E-state index contributed by atoms with van der Waals surface area (Å²) < 4.78 is 13.0. The van der Waals surface area contributed by atoms with Crippen molar-refractivity contribution in [3.8, 4) is 10.6 Å². The SMILES string of the molecule is Cc1sc(-c2ccc(Cl)cc2)nc1C1C(=O)CC(=Cc2ccc(F)cn2)C1=O. The Bertz CT molecular complexity index is 1100. The van der Waals surface area contributed by atoms with E-state index in [0.29, 0.717) is 22.0 Å². The summed E-state index contributed by atoms with van der Waals surface area (Å²) in [6, 6.07) is 10.00. The lowest BCUT2D eigenvalue weighted by atomic mass is 10.00. The summed E-state index contributed by atoms with van der Waals surface area (Å²) in [6.07, 6.45) is 2.64. The maximum Gasteiger partial charge on any atom is 0.175 e. The molecule has 4 rings (SSSR count). The van der Waals surface area contributed by atoms with Gasteiger partial charge in [0.25, 0.3) is 0 Å². The normalized spacial score (nSPS) is 18.2. The average Bonchev–Trinajstić information content (AvgIpc) is 3.17. The Morgan fingerprint density at radius 1 is 1.18 bits per heavy atom. The summed E-state index contributed by atoms with van der Waals surface area (Å²) in [4.78, 5) is 34.8. The van der Waals surface area contributed by atoms with E-state index in [1.807, 2.05) is 19.1 Å². The quantitative estimate of drug-likeness (QED) is 0.448. The van der Waals surface area contributed by atoms with Gasteiger partial charge in [0, 0.05) is 27.5 Å². The predicted molar refractivity (Wildman–Crippen MR) is 107 cm³/mol. The predicted octanol–water partition coefficient (Wildman–Crippen LogP) is 5.02. The molecule has 28 heavy (non-hydrogen) atoms. The third kappa shape index (κ3) is 3.53. The lowest BCUT2D eigenvalue weighted by Crippen LogP contribution is -2.14. The van der Waals surface area contributed by atoms with E-state index in [-0.39, 0.29) is 18.0 Å². The average molecular weight is 413 g/mol. The van der Waals surface area contributed by atoms with Crippen molar-refractivity contribution in [1.29, 1.82) is 0 Å². The molecule has 0 spiro atoms. The number of allylic oxidation sites excluding steroid dienone is 1. The first kappa shape index (κ1) is 18.7. The largest absolute Gasteiger partial charge is 0.298 e. The number of halogens is 2. The monoisotopic (exact) mass is 412 g/mol. The molecule has 7 heteroatoms. The topological polar surface area (TPSA) is 59.9 Å². The Hall–Kier alpha value is -2.70. The van der Waals surface area contributed by atoms with Gasteiger partial charge in [0.05, 0.1) is 17.6 Å². The van der Waals surface area contributed by atoms with Crippen molar-refractivity contribution in [2.75, 3.05) is 0 Å². The van der Waals surface area contributed by atoms with Crippen LogP contribution < -0.4 is 0 Å². The van der Waals surface area contributed by atoms with Crippen molar-refractivity contribution >= 4 is 40.6 Å². The van der Waals surface area contributed by atoms with Crippen molar-refractivity contribution in [3.05, 3.63) is 75.3 Å². The molecule has 1 fully saturated rings.